The van der Waals surface area contributed by atoms with Crippen molar-refractivity contribution in [3.63, 3.8) is 0 Å². The molecule has 1 aliphatic heterocycles. The van der Waals surface area contributed by atoms with E-state index in [1.807, 2.05) is 36.1 Å². The predicted molar refractivity (Wildman–Crippen MR) is 106 cm³/mol. The van der Waals surface area contributed by atoms with Crippen LogP contribution in [0, 0.1) is 24.1 Å². The van der Waals surface area contributed by atoms with Gasteiger partial charge in [-0.1, -0.05) is 17.7 Å². The molecule has 29 heavy (non-hydrogen) atoms. The third-order valence-electron chi connectivity index (χ3n) is 4.96. The van der Waals surface area contributed by atoms with Crippen LogP contribution in [0.25, 0.3) is 11.5 Å². The molecule has 1 saturated heterocycles. The van der Waals surface area contributed by atoms with Crippen LogP contribution in [-0.4, -0.2) is 42.0 Å². The van der Waals surface area contributed by atoms with Crippen molar-refractivity contribution in [1.29, 1.82) is 5.26 Å². The highest BCUT2D eigenvalue weighted by atomic mass is 19.1. The Hall–Kier alpha value is -3.66. The van der Waals surface area contributed by atoms with Crippen molar-refractivity contribution >= 4 is 11.8 Å². The molecule has 0 atom stereocenters. The molecule has 2 heterocycles. The molecule has 0 N–H and O–H groups in total. The Morgan fingerprint density at radius 1 is 1.07 bits per heavy atom. The average molecular weight is 390 g/mol. The van der Waals surface area contributed by atoms with Gasteiger partial charge >= 0.3 is 0 Å². The average Bonchev–Trinajstić information content (AvgIpc) is 3.19. The predicted octanol–water partition coefficient (Wildman–Crippen LogP) is 3.62. The van der Waals surface area contributed by atoms with Gasteiger partial charge in [-0.2, -0.15) is 10.2 Å². The highest BCUT2D eigenvalue weighted by molar-refractivity contribution is 5.94. The van der Waals surface area contributed by atoms with E-state index in [9.17, 15) is 14.4 Å². The molecular weight excluding hydrogens is 371 g/mol. The number of nitrogens with zero attached hydrogens (tertiary/aromatic N) is 4. The Balaban J connectivity index is 1.48. The number of benzene rings is 2. The minimum Gasteiger partial charge on any atom is -0.419 e. The lowest BCUT2D eigenvalue weighted by molar-refractivity contribution is 0.0745. The van der Waals surface area contributed by atoms with Gasteiger partial charge in [-0.25, -0.2) is 4.39 Å². The van der Waals surface area contributed by atoms with Gasteiger partial charge in [0.1, 0.15) is 11.9 Å². The van der Waals surface area contributed by atoms with E-state index in [2.05, 4.69) is 11.1 Å². The normalized spacial score (nSPS) is 14.0. The van der Waals surface area contributed by atoms with Gasteiger partial charge in [0, 0.05) is 37.3 Å². The van der Waals surface area contributed by atoms with E-state index in [1.54, 1.807) is 17.0 Å². The van der Waals surface area contributed by atoms with Crippen LogP contribution in [0.4, 0.5) is 10.3 Å². The van der Waals surface area contributed by atoms with Crippen molar-refractivity contribution in [1.82, 2.24) is 9.88 Å². The van der Waals surface area contributed by atoms with Gasteiger partial charge in [-0.05, 0) is 43.3 Å². The van der Waals surface area contributed by atoms with Crippen LogP contribution in [0.2, 0.25) is 0 Å². The molecule has 0 spiro atoms. The molecule has 1 fully saturated rings. The number of anilines is 1. The zero-order valence-corrected chi connectivity index (χ0v) is 15.9. The van der Waals surface area contributed by atoms with Gasteiger partial charge in [-0.3, -0.25) is 4.79 Å². The first-order chi connectivity index (χ1) is 14.0. The third-order valence-corrected chi connectivity index (χ3v) is 4.96. The van der Waals surface area contributed by atoms with E-state index in [0.717, 1.165) is 5.56 Å². The van der Waals surface area contributed by atoms with Crippen LogP contribution in [0.3, 0.4) is 0 Å². The minimum atomic E-state index is -0.351. The molecule has 0 aliphatic carbocycles. The second-order valence-electron chi connectivity index (χ2n) is 6.94. The number of carbonyl (C=O) groups excluding carboxylic acids is 1. The molecule has 4 rings (SSSR count). The molecule has 3 aromatic rings. The Morgan fingerprint density at radius 2 is 1.72 bits per heavy atom. The summed E-state index contributed by atoms with van der Waals surface area (Å²) in [5.41, 5.74) is 2.56. The second kappa shape index (κ2) is 7.76. The Kier molecular flexibility index (Phi) is 5.00. The fourth-order valence-corrected chi connectivity index (χ4v) is 3.31. The summed E-state index contributed by atoms with van der Waals surface area (Å²) in [7, 11) is 0. The van der Waals surface area contributed by atoms with Crippen molar-refractivity contribution in [3.05, 3.63) is 71.2 Å². The topological polar surface area (TPSA) is 73.4 Å². The number of nitriles is 1. The maximum absolute atomic E-state index is 13.1. The van der Waals surface area contributed by atoms with Gasteiger partial charge in [0.15, 0.2) is 0 Å². The van der Waals surface area contributed by atoms with Gasteiger partial charge in [-0.15, -0.1) is 0 Å². The fourth-order valence-electron chi connectivity index (χ4n) is 3.31. The zero-order chi connectivity index (χ0) is 20.4. The SMILES string of the molecule is Cc1ccc(C(=O)N2CCN(c3oc(-c4ccc(F)cc4)nc3C#N)CC2)cc1. The van der Waals surface area contributed by atoms with Gasteiger partial charge in [0.25, 0.3) is 5.91 Å². The molecular formula is C22H19FN4O2. The van der Waals surface area contributed by atoms with E-state index in [-0.39, 0.29) is 23.3 Å². The highest BCUT2D eigenvalue weighted by Crippen LogP contribution is 2.29. The molecule has 6 nitrogen and oxygen atoms in total. The monoisotopic (exact) mass is 390 g/mol. The van der Waals surface area contributed by atoms with Crippen LogP contribution in [0.15, 0.2) is 52.9 Å². The number of rotatable bonds is 3. The first kappa shape index (κ1) is 18.7. The quantitative estimate of drug-likeness (QED) is 0.683. The summed E-state index contributed by atoms with van der Waals surface area (Å²) in [6.45, 7) is 4.08. The van der Waals surface area contributed by atoms with Crippen LogP contribution >= 0.6 is 0 Å². The molecule has 2 aromatic carbocycles. The molecule has 7 heteroatoms. The summed E-state index contributed by atoms with van der Waals surface area (Å²) in [6, 6.07) is 15.3. The summed E-state index contributed by atoms with van der Waals surface area (Å²) in [6.07, 6.45) is 0. The van der Waals surface area contributed by atoms with Crippen molar-refractivity contribution < 1.29 is 13.6 Å². The summed E-state index contributed by atoms with van der Waals surface area (Å²) < 4.78 is 19.0. The summed E-state index contributed by atoms with van der Waals surface area (Å²) in [4.78, 5) is 20.6. The lowest BCUT2D eigenvalue weighted by Crippen LogP contribution is -2.48. The minimum absolute atomic E-state index is 0.00488. The lowest BCUT2D eigenvalue weighted by atomic mass is 10.1. The van der Waals surface area contributed by atoms with E-state index in [4.69, 9.17) is 4.42 Å². The van der Waals surface area contributed by atoms with E-state index in [1.165, 1.54) is 12.1 Å². The molecule has 1 amide bonds. The second-order valence-corrected chi connectivity index (χ2v) is 6.94. The number of carbonyl (C=O) groups is 1. The van der Waals surface area contributed by atoms with Gasteiger partial charge in [0.05, 0.1) is 0 Å². The van der Waals surface area contributed by atoms with E-state index in [0.29, 0.717) is 43.2 Å². The molecule has 146 valence electrons. The zero-order valence-electron chi connectivity index (χ0n) is 15.9. The summed E-state index contributed by atoms with van der Waals surface area (Å²) in [5.74, 6) is 0.300. The third kappa shape index (κ3) is 3.83. The number of hydrogen-bond donors (Lipinski definition) is 0. The van der Waals surface area contributed by atoms with Crippen LogP contribution in [0.1, 0.15) is 21.6 Å². The number of amides is 1. The molecule has 0 unspecified atom stereocenters. The fraction of sp³-hybridized carbons (Fsp3) is 0.227. The largest absolute Gasteiger partial charge is 0.419 e. The number of halogens is 1. The van der Waals surface area contributed by atoms with Crippen molar-refractivity contribution in [2.75, 3.05) is 31.1 Å². The maximum Gasteiger partial charge on any atom is 0.253 e. The van der Waals surface area contributed by atoms with Crippen LogP contribution in [-0.2, 0) is 0 Å². The first-order valence-corrected chi connectivity index (χ1v) is 9.33. The van der Waals surface area contributed by atoms with Crippen molar-refractivity contribution in [2.45, 2.75) is 6.92 Å². The van der Waals surface area contributed by atoms with Crippen molar-refractivity contribution in [3.8, 4) is 17.5 Å². The highest BCUT2D eigenvalue weighted by Gasteiger charge is 2.27. The number of piperazine rings is 1. The first-order valence-electron chi connectivity index (χ1n) is 9.33. The summed E-state index contributed by atoms with van der Waals surface area (Å²) in [5, 5.41) is 9.44. The molecule has 1 aromatic heterocycles. The van der Waals surface area contributed by atoms with Crippen molar-refractivity contribution in [2.24, 2.45) is 0 Å². The van der Waals surface area contributed by atoms with Crippen LogP contribution in [0.5, 0.6) is 0 Å². The van der Waals surface area contributed by atoms with Crippen LogP contribution < -0.4 is 4.90 Å². The Labute approximate surface area is 167 Å². The molecule has 0 bridgehead atoms. The number of aromatic nitrogens is 1. The standard InChI is InChI=1S/C22H19FN4O2/c1-15-2-4-17(5-3-15)21(28)26-10-12-27(13-11-26)22-19(14-24)25-20(29-22)16-6-8-18(23)9-7-16/h2-9H,10-13H2,1H3. The number of aryl methyl sites for hydroxylation is 1. The Bertz CT molecular complexity index is 1060. The lowest BCUT2D eigenvalue weighted by Gasteiger charge is -2.34. The van der Waals surface area contributed by atoms with E-state index < -0.39 is 0 Å². The summed E-state index contributed by atoms with van der Waals surface area (Å²) >= 11 is 0. The molecule has 0 radical (unpaired) electrons. The number of oxazole rings is 1. The molecule has 1 aliphatic rings. The van der Waals surface area contributed by atoms with Gasteiger partial charge < -0.3 is 14.2 Å². The smallest absolute Gasteiger partial charge is 0.253 e. The Morgan fingerprint density at radius 3 is 2.34 bits per heavy atom. The number of hydrogen-bond acceptors (Lipinski definition) is 5. The van der Waals surface area contributed by atoms with Gasteiger partial charge in [0.2, 0.25) is 17.5 Å². The van der Waals surface area contributed by atoms with E-state index >= 15 is 0 Å². The maximum atomic E-state index is 13.1. The molecule has 0 saturated carbocycles.